The van der Waals surface area contributed by atoms with Gasteiger partial charge in [-0.2, -0.15) is 5.26 Å². The number of rotatable bonds is 5. The molecule has 1 heterocycles. The van der Waals surface area contributed by atoms with Crippen molar-refractivity contribution in [1.29, 1.82) is 5.26 Å². The molecule has 16 heavy (non-hydrogen) atoms. The number of aryl methyl sites for hydroxylation is 1. The fraction of sp³-hybridized carbons (Fsp3) is 0.500. The van der Waals surface area contributed by atoms with E-state index in [-0.39, 0.29) is 11.8 Å². The van der Waals surface area contributed by atoms with E-state index in [9.17, 15) is 4.79 Å². The predicted molar refractivity (Wildman–Crippen MR) is 62.1 cm³/mol. The smallest absolute Gasteiger partial charge is 0.178 e. The second-order valence-corrected chi connectivity index (χ2v) is 4.12. The van der Waals surface area contributed by atoms with Crippen molar-refractivity contribution in [3.05, 3.63) is 24.0 Å². The Balaban J connectivity index is 2.55. The third kappa shape index (κ3) is 3.21. The number of likely N-dealkylation sites (N-methyl/N-ethyl adjacent to an activating group) is 1. The molecule has 0 aliphatic heterocycles. The zero-order valence-electron chi connectivity index (χ0n) is 9.97. The first-order valence-corrected chi connectivity index (χ1v) is 5.27. The molecule has 4 heteroatoms. The molecule has 0 aliphatic carbocycles. The summed E-state index contributed by atoms with van der Waals surface area (Å²) in [5.41, 5.74) is 0.721. The number of nitriles is 1. The molecule has 0 amide bonds. The van der Waals surface area contributed by atoms with Gasteiger partial charge in [0.25, 0.3) is 0 Å². The highest BCUT2D eigenvalue weighted by atomic mass is 16.1. The van der Waals surface area contributed by atoms with Gasteiger partial charge in [-0.25, -0.2) is 0 Å². The Morgan fingerprint density at radius 2 is 2.38 bits per heavy atom. The van der Waals surface area contributed by atoms with Gasteiger partial charge in [0.1, 0.15) is 0 Å². The molecule has 0 N–H and O–H groups in total. The third-order valence-electron chi connectivity index (χ3n) is 2.69. The van der Waals surface area contributed by atoms with Gasteiger partial charge in [-0.05, 0) is 20.0 Å². The average molecular weight is 219 g/mol. The quantitative estimate of drug-likeness (QED) is 0.704. The van der Waals surface area contributed by atoms with Crippen molar-refractivity contribution < 1.29 is 4.79 Å². The number of nitrogens with zero attached hydrogens (tertiary/aromatic N) is 3. The van der Waals surface area contributed by atoms with E-state index >= 15 is 0 Å². The lowest BCUT2D eigenvalue weighted by molar-refractivity contribution is 0.0926. The second kappa shape index (κ2) is 5.47. The summed E-state index contributed by atoms with van der Waals surface area (Å²) in [6.45, 7) is 2.30. The van der Waals surface area contributed by atoms with E-state index in [0.29, 0.717) is 13.0 Å². The van der Waals surface area contributed by atoms with E-state index in [1.165, 1.54) is 0 Å². The highest BCUT2D eigenvalue weighted by molar-refractivity contribution is 5.97. The third-order valence-corrected chi connectivity index (χ3v) is 2.69. The van der Waals surface area contributed by atoms with Crippen LogP contribution in [0.25, 0.3) is 0 Å². The van der Waals surface area contributed by atoms with E-state index in [4.69, 9.17) is 5.26 Å². The molecule has 0 spiro atoms. The van der Waals surface area contributed by atoms with Crippen LogP contribution in [0, 0.1) is 11.3 Å². The molecule has 0 saturated carbocycles. The largest absolute Gasteiger partial charge is 0.357 e. The number of Topliss-reactive ketones (excluding diaryl/α,β-unsaturated/α-hetero) is 1. The summed E-state index contributed by atoms with van der Waals surface area (Å²) in [7, 11) is 3.75. The summed E-state index contributed by atoms with van der Waals surface area (Å²) in [6.07, 6.45) is 4.11. The van der Waals surface area contributed by atoms with Gasteiger partial charge in [0.2, 0.25) is 0 Å². The van der Waals surface area contributed by atoms with Crippen molar-refractivity contribution >= 4 is 5.78 Å². The van der Waals surface area contributed by atoms with Crippen LogP contribution < -0.4 is 0 Å². The Morgan fingerprint density at radius 3 is 2.88 bits per heavy atom. The summed E-state index contributed by atoms with van der Waals surface area (Å²) >= 11 is 0. The van der Waals surface area contributed by atoms with Gasteiger partial charge >= 0.3 is 0 Å². The van der Waals surface area contributed by atoms with Crippen LogP contribution in [0.15, 0.2) is 18.5 Å². The molecular formula is C12H17N3O. The maximum Gasteiger partial charge on any atom is 0.178 e. The molecule has 1 rings (SSSR count). The van der Waals surface area contributed by atoms with Crippen LogP contribution >= 0.6 is 0 Å². The fourth-order valence-electron chi connectivity index (χ4n) is 1.43. The SMILES string of the molecule is CC(CC#N)N(C)CC(=O)c1ccn(C)c1. The van der Waals surface area contributed by atoms with Crippen LogP contribution in [0.3, 0.4) is 0 Å². The van der Waals surface area contributed by atoms with E-state index < -0.39 is 0 Å². The molecule has 1 aromatic heterocycles. The summed E-state index contributed by atoms with van der Waals surface area (Å²) in [5, 5.41) is 8.58. The summed E-state index contributed by atoms with van der Waals surface area (Å²) in [5.74, 6) is 0.0906. The molecule has 1 aromatic rings. The Kier molecular flexibility index (Phi) is 4.27. The molecule has 0 fully saturated rings. The molecule has 0 aromatic carbocycles. The minimum atomic E-state index is 0.0906. The highest BCUT2D eigenvalue weighted by Crippen LogP contribution is 2.05. The minimum Gasteiger partial charge on any atom is -0.357 e. The van der Waals surface area contributed by atoms with E-state index in [2.05, 4.69) is 6.07 Å². The maximum absolute atomic E-state index is 11.8. The Hall–Kier alpha value is -1.60. The number of ketones is 1. The van der Waals surface area contributed by atoms with Crippen LogP contribution in [0.1, 0.15) is 23.7 Å². The van der Waals surface area contributed by atoms with Crippen LogP contribution in [-0.4, -0.2) is 34.9 Å². The fourth-order valence-corrected chi connectivity index (χ4v) is 1.43. The standard InChI is InChI=1S/C12H17N3O/c1-10(4-6-13)15(3)9-12(16)11-5-7-14(2)8-11/h5,7-8,10H,4,9H2,1-3H3. The zero-order valence-corrected chi connectivity index (χ0v) is 9.97. The van der Waals surface area contributed by atoms with Gasteiger partial charge < -0.3 is 4.57 Å². The first kappa shape index (κ1) is 12.5. The number of hydrogen-bond acceptors (Lipinski definition) is 3. The van der Waals surface area contributed by atoms with Gasteiger partial charge in [0.15, 0.2) is 5.78 Å². The molecule has 86 valence electrons. The monoisotopic (exact) mass is 219 g/mol. The van der Waals surface area contributed by atoms with Gasteiger partial charge in [0, 0.05) is 31.0 Å². The van der Waals surface area contributed by atoms with Gasteiger partial charge in [0.05, 0.1) is 19.0 Å². The Labute approximate surface area is 96.1 Å². The summed E-state index contributed by atoms with van der Waals surface area (Å²) in [4.78, 5) is 13.7. The molecule has 0 aliphatic rings. The zero-order chi connectivity index (χ0) is 12.1. The first-order chi connectivity index (χ1) is 7.54. The number of carbonyl (C=O) groups is 1. The minimum absolute atomic E-state index is 0.0906. The van der Waals surface area contributed by atoms with Crippen LogP contribution in [0.5, 0.6) is 0 Å². The molecule has 0 radical (unpaired) electrons. The van der Waals surface area contributed by atoms with Gasteiger partial charge in [-0.1, -0.05) is 0 Å². The number of aromatic nitrogens is 1. The van der Waals surface area contributed by atoms with Crippen molar-refractivity contribution in [3.8, 4) is 6.07 Å². The van der Waals surface area contributed by atoms with Crippen molar-refractivity contribution in [2.24, 2.45) is 7.05 Å². The topological polar surface area (TPSA) is 49.0 Å². The molecule has 0 bridgehead atoms. The van der Waals surface area contributed by atoms with Crippen LogP contribution in [0.4, 0.5) is 0 Å². The maximum atomic E-state index is 11.8. The second-order valence-electron chi connectivity index (χ2n) is 4.12. The first-order valence-electron chi connectivity index (χ1n) is 5.27. The molecule has 4 nitrogen and oxygen atoms in total. The van der Waals surface area contributed by atoms with E-state index in [1.54, 1.807) is 0 Å². The normalized spacial score (nSPS) is 12.4. The van der Waals surface area contributed by atoms with Gasteiger partial charge in [-0.3, -0.25) is 9.69 Å². The molecular weight excluding hydrogens is 202 g/mol. The van der Waals surface area contributed by atoms with Crippen molar-refractivity contribution in [2.45, 2.75) is 19.4 Å². The molecule has 1 atom stereocenters. The van der Waals surface area contributed by atoms with Crippen molar-refractivity contribution in [1.82, 2.24) is 9.47 Å². The van der Waals surface area contributed by atoms with E-state index in [0.717, 1.165) is 5.56 Å². The highest BCUT2D eigenvalue weighted by Gasteiger charge is 2.14. The predicted octanol–water partition coefficient (Wildman–Crippen LogP) is 1.44. The number of carbonyl (C=O) groups excluding carboxylic acids is 1. The number of hydrogen-bond donors (Lipinski definition) is 0. The average Bonchev–Trinajstić information content (AvgIpc) is 2.65. The summed E-state index contributed by atoms with van der Waals surface area (Å²) < 4.78 is 1.85. The lowest BCUT2D eigenvalue weighted by Gasteiger charge is -2.21. The Morgan fingerprint density at radius 1 is 1.69 bits per heavy atom. The lowest BCUT2D eigenvalue weighted by atomic mass is 10.1. The van der Waals surface area contributed by atoms with Crippen LogP contribution in [-0.2, 0) is 7.05 Å². The summed E-state index contributed by atoms with van der Waals surface area (Å²) in [6, 6.07) is 4.03. The van der Waals surface area contributed by atoms with E-state index in [1.807, 2.05) is 48.9 Å². The Bertz CT molecular complexity index is 403. The lowest BCUT2D eigenvalue weighted by Crippen LogP contribution is -2.33. The van der Waals surface area contributed by atoms with Crippen LogP contribution in [0.2, 0.25) is 0 Å². The van der Waals surface area contributed by atoms with Crippen molar-refractivity contribution in [3.63, 3.8) is 0 Å². The molecule has 0 saturated heterocycles. The molecule has 1 unspecified atom stereocenters. The van der Waals surface area contributed by atoms with Crippen molar-refractivity contribution in [2.75, 3.05) is 13.6 Å². The van der Waals surface area contributed by atoms with Gasteiger partial charge in [-0.15, -0.1) is 0 Å².